The normalized spacial score (nSPS) is 17.7. The van der Waals surface area contributed by atoms with Gasteiger partial charge >= 0.3 is 5.97 Å². The molecule has 8 heteroatoms. The van der Waals surface area contributed by atoms with E-state index >= 15 is 0 Å². The van der Waals surface area contributed by atoms with E-state index in [4.69, 9.17) is 17.0 Å². The topological polar surface area (TPSA) is 62.6 Å². The lowest BCUT2D eigenvalue weighted by molar-refractivity contribution is -0.140. The van der Waals surface area contributed by atoms with E-state index in [0.717, 1.165) is 22.8 Å². The summed E-state index contributed by atoms with van der Waals surface area (Å²) < 4.78 is 7.01. The standard InChI is InChI=1S/C25H29N5O2S/c1-28(2)18-11-13-19(14-12-18)29-16-6-9-21(29)24-23(20-8-4-5-15-26-20)27-25(33)30(24)17-7-10-22(31)32-3/h4-6,8-9,11-16,23-24H,7,10,17H2,1-3H3,(H,27,33)/t23-,24+/m1/s1. The third-order valence-corrected chi connectivity index (χ3v) is 6.29. The number of nitrogens with zero attached hydrogens (tertiary/aromatic N) is 4. The minimum atomic E-state index is -0.213. The lowest BCUT2D eigenvalue weighted by Crippen LogP contribution is -2.31. The Morgan fingerprint density at radius 1 is 1.15 bits per heavy atom. The van der Waals surface area contributed by atoms with Gasteiger partial charge in [-0.25, -0.2) is 0 Å². The molecule has 172 valence electrons. The second kappa shape index (κ2) is 10.0. The molecule has 1 aliphatic rings. The number of carbonyl (C=O) groups is 1. The van der Waals surface area contributed by atoms with E-state index in [0.29, 0.717) is 24.5 Å². The molecule has 2 atom stereocenters. The molecule has 1 fully saturated rings. The average Bonchev–Trinajstić information content (AvgIpc) is 3.44. The molecule has 0 bridgehead atoms. The van der Waals surface area contributed by atoms with Gasteiger partial charge in [-0.05, 0) is 67.2 Å². The van der Waals surface area contributed by atoms with E-state index in [1.807, 2.05) is 32.3 Å². The largest absolute Gasteiger partial charge is 0.469 e. The van der Waals surface area contributed by atoms with E-state index in [9.17, 15) is 4.79 Å². The first kappa shape index (κ1) is 22.8. The SMILES string of the molecule is COC(=O)CCCN1C(=S)N[C@H](c2ccccn2)[C@@H]1c1cccn1-c1ccc(N(C)C)cc1. The number of rotatable bonds is 8. The third kappa shape index (κ3) is 4.85. The zero-order valence-electron chi connectivity index (χ0n) is 19.1. The van der Waals surface area contributed by atoms with Gasteiger partial charge in [-0.1, -0.05) is 6.07 Å². The summed E-state index contributed by atoms with van der Waals surface area (Å²) in [6.45, 7) is 0.639. The van der Waals surface area contributed by atoms with Crippen LogP contribution in [0.1, 0.15) is 36.3 Å². The van der Waals surface area contributed by atoms with Crippen LogP contribution in [-0.2, 0) is 9.53 Å². The number of aromatic nitrogens is 2. The number of hydrogen-bond donors (Lipinski definition) is 1. The Morgan fingerprint density at radius 2 is 1.94 bits per heavy atom. The Balaban J connectivity index is 1.70. The quantitative estimate of drug-likeness (QED) is 0.402. The van der Waals surface area contributed by atoms with E-state index in [1.165, 1.54) is 7.11 Å². The van der Waals surface area contributed by atoms with E-state index in [-0.39, 0.29) is 18.1 Å². The van der Waals surface area contributed by atoms with Crippen molar-refractivity contribution in [2.24, 2.45) is 0 Å². The van der Waals surface area contributed by atoms with Gasteiger partial charge in [-0.3, -0.25) is 9.78 Å². The summed E-state index contributed by atoms with van der Waals surface area (Å²) in [4.78, 5) is 20.5. The summed E-state index contributed by atoms with van der Waals surface area (Å²) in [7, 11) is 5.48. The summed E-state index contributed by atoms with van der Waals surface area (Å²) in [5.41, 5.74) is 4.25. The van der Waals surface area contributed by atoms with Gasteiger partial charge in [0.25, 0.3) is 0 Å². The maximum absolute atomic E-state index is 11.7. The summed E-state index contributed by atoms with van der Waals surface area (Å²) in [6.07, 6.45) is 4.88. The summed E-state index contributed by atoms with van der Waals surface area (Å²) in [5, 5.41) is 4.14. The molecule has 3 aromatic rings. The van der Waals surface area contributed by atoms with E-state index < -0.39 is 0 Å². The zero-order valence-corrected chi connectivity index (χ0v) is 20.0. The van der Waals surface area contributed by atoms with Crippen molar-refractivity contribution in [1.82, 2.24) is 19.8 Å². The predicted octanol–water partition coefficient (Wildman–Crippen LogP) is 3.86. The van der Waals surface area contributed by atoms with Gasteiger partial charge in [0.1, 0.15) is 0 Å². The number of ether oxygens (including phenoxy) is 1. The summed E-state index contributed by atoms with van der Waals surface area (Å²) in [6, 6.07) is 18.4. The van der Waals surface area contributed by atoms with Gasteiger partial charge < -0.3 is 24.4 Å². The molecule has 2 aromatic heterocycles. The first-order valence-corrected chi connectivity index (χ1v) is 11.4. The number of benzene rings is 1. The molecule has 0 aliphatic carbocycles. The number of pyridine rings is 1. The Morgan fingerprint density at radius 3 is 2.61 bits per heavy atom. The van der Waals surface area contributed by atoms with E-state index in [1.54, 1.807) is 6.20 Å². The summed E-state index contributed by atoms with van der Waals surface area (Å²) in [5.74, 6) is -0.213. The van der Waals surface area contributed by atoms with Crippen LogP contribution in [0.5, 0.6) is 0 Å². The number of thiocarbonyl (C=S) groups is 1. The van der Waals surface area contributed by atoms with Crippen LogP contribution in [0.15, 0.2) is 67.0 Å². The molecule has 0 radical (unpaired) electrons. The molecule has 0 unspecified atom stereocenters. The van der Waals surface area contributed by atoms with Gasteiger partial charge in [0.15, 0.2) is 5.11 Å². The minimum absolute atomic E-state index is 0.0754. The molecule has 0 spiro atoms. The molecular weight excluding hydrogens is 434 g/mol. The fourth-order valence-corrected chi connectivity index (χ4v) is 4.58. The number of nitrogens with one attached hydrogen (secondary N) is 1. The second-order valence-corrected chi connectivity index (χ2v) is 8.60. The lowest BCUT2D eigenvalue weighted by atomic mass is 10.0. The molecular formula is C25H29N5O2S. The van der Waals surface area contributed by atoms with Crippen molar-refractivity contribution in [2.75, 3.05) is 32.6 Å². The molecule has 1 aromatic carbocycles. The first-order chi connectivity index (χ1) is 16.0. The van der Waals surface area contributed by atoms with Crippen LogP contribution >= 0.6 is 12.2 Å². The molecule has 7 nitrogen and oxygen atoms in total. The highest BCUT2D eigenvalue weighted by Gasteiger charge is 2.41. The van der Waals surface area contributed by atoms with Crippen molar-refractivity contribution in [3.05, 3.63) is 78.4 Å². The van der Waals surface area contributed by atoms with Crippen molar-refractivity contribution in [3.63, 3.8) is 0 Å². The van der Waals surface area contributed by atoms with Gasteiger partial charge in [0, 0.05) is 56.5 Å². The molecule has 1 saturated heterocycles. The molecule has 4 rings (SSSR count). The van der Waals surface area contributed by atoms with Crippen molar-refractivity contribution in [2.45, 2.75) is 24.9 Å². The number of esters is 1. The maximum atomic E-state index is 11.7. The number of methoxy groups -OCH3 is 1. The van der Waals surface area contributed by atoms with Gasteiger partial charge in [0.05, 0.1) is 24.9 Å². The second-order valence-electron chi connectivity index (χ2n) is 8.21. The van der Waals surface area contributed by atoms with Crippen LogP contribution in [0, 0.1) is 0 Å². The molecule has 3 heterocycles. The van der Waals surface area contributed by atoms with Crippen LogP contribution in [0.4, 0.5) is 5.69 Å². The first-order valence-electron chi connectivity index (χ1n) is 11.0. The monoisotopic (exact) mass is 463 g/mol. The van der Waals surface area contributed by atoms with Gasteiger partial charge in [0.2, 0.25) is 0 Å². The third-order valence-electron chi connectivity index (χ3n) is 5.93. The van der Waals surface area contributed by atoms with Crippen molar-refractivity contribution in [1.29, 1.82) is 0 Å². The Kier molecular flexibility index (Phi) is 6.93. The Bertz CT molecular complexity index is 1100. The maximum Gasteiger partial charge on any atom is 0.305 e. The lowest BCUT2D eigenvalue weighted by Gasteiger charge is -2.29. The zero-order chi connectivity index (χ0) is 23.4. The van der Waals surface area contributed by atoms with Crippen molar-refractivity contribution >= 4 is 29.0 Å². The van der Waals surface area contributed by atoms with Crippen LogP contribution < -0.4 is 10.2 Å². The molecule has 1 aliphatic heterocycles. The number of carbonyl (C=O) groups excluding carboxylic acids is 1. The van der Waals surface area contributed by atoms with Crippen LogP contribution in [-0.4, -0.2) is 53.3 Å². The highest BCUT2D eigenvalue weighted by molar-refractivity contribution is 7.80. The fourth-order valence-electron chi connectivity index (χ4n) is 4.25. The predicted molar refractivity (Wildman–Crippen MR) is 134 cm³/mol. The van der Waals surface area contributed by atoms with Crippen LogP contribution in [0.25, 0.3) is 5.69 Å². The van der Waals surface area contributed by atoms with Gasteiger partial charge in [-0.15, -0.1) is 0 Å². The van der Waals surface area contributed by atoms with E-state index in [2.05, 4.69) is 67.3 Å². The van der Waals surface area contributed by atoms with Gasteiger partial charge in [-0.2, -0.15) is 0 Å². The number of anilines is 1. The number of hydrogen-bond acceptors (Lipinski definition) is 5. The molecule has 33 heavy (non-hydrogen) atoms. The molecule has 0 amide bonds. The Hall–Kier alpha value is -3.39. The fraction of sp³-hybridized carbons (Fsp3) is 0.320. The molecule has 1 N–H and O–H groups in total. The van der Waals surface area contributed by atoms with Crippen molar-refractivity contribution < 1.29 is 9.53 Å². The van der Waals surface area contributed by atoms with Crippen LogP contribution in [0.3, 0.4) is 0 Å². The van der Waals surface area contributed by atoms with Crippen LogP contribution in [0.2, 0.25) is 0 Å². The highest BCUT2D eigenvalue weighted by Crippen LogP contribution is 2.39. The summed E-state index contributed by atoms with van der Waals surface area (Å²) >= 11 is 5.74. The average molecular weight is 464 g/mol. The van der Waals surface area contributed by atoms with Crippen molar-refractivity contribution in [3.8, 4) is 5.69 Å². The Labute approximate surface area is 200 Å². The smallest absolute Gasteiger partial charge is 0.305 e. The minimum Gasteiger partial charge on any atom is -0.469 e. The molecule has 0 saturated carbocycles. The highest BCUT2D eigenvalue weighted by atomic mass is 32.1.